The Morgan fingerprint density at radius 2 is 1.85 bits per heavy atom. The fourth-order valence-corrected chi connectivity index (χ4v) is 5.52. The number of β-lactam (4-membered cyclic amide) rings is 1. The zero-order valence-electron chi connectivity index (χ0n) is 16.7. The average Bonchev–Trinajstić information content (AvgIpc) is 2.70. The molecular formula is C18H25N2NaO5S. The second-order valence-electron chi connectivity index (χ2n) is 8.45. The van der Waals surface area contributed by atoms with Crippen molar-refractivity contribution >= 4 is 29.5 Å². The summed E-state index contributed by atoms with van der Waals surface area (Å²) in [7, 11) is 0. The fraction of sp³-hybridized carbons (Fsp3) is 0.722. The molecule has 1 N–H and O–H groups in total. The van der Waals surface area contributed by atoms with E-state index in [0.717, 1.165) is 0 Å². The van der Waals surface area contributed by atoms with E-state index in [9.17, 15) is 24.6 Å². The van der Waals surface area contributed by atoms with Gasteiger partial charge in [0.05, 0.1) is 29.7 Å². The molecule has 0 bridgehead atoms. The number of amides is 2. The van der Waals surface area contributed by atoms with Crippen molar-refractivity contribution in [1.82, 2.24) is 9.80 Å². The summed E-state index contributed by atoms with van der Waals surface area (Å²) in [6.07, 6.45) is -0.817. The Balaban J connectivity index is 0.00000261. The van der Waals surface area contributed by atoms with Gasteiger partial charge in [-0.3, -0.25) is 9.59 Å². The van der Waals surface area contributed by atoms with Gasteiger partial charge in [-0.2, -0.15) is 0 Å². The van der Waals surface area contributed by atoms with Gasteiger partial charge in [0.15, 0.2) is 0 Å². The number of hydrogen-bond donors (Lipinski definition) is 1. The number of carbonyl (C=O) groups is 3. The number of aliphatic hydroxyl groups excluding tert-OH is 1. The molecule has 3 heterocycles. The van der Waals surface area contributed by atoms with Crippen LogP contribution in [0, 0.1) is 17.3 Å². The first-order valence-corrected chi connectivity index (χ1v) is 9.75. The summed E-state index contributed by atoms with van der Waals surface area (Å²) in [5.41, 5.74) is -0.497. The number of nitrogens with zero attached hydrogens (tertiary/aromatic N) is 2. The van der Waals surface area contributed by atoms with Gasteiger partial charge in [-0.1, -0.05) is 27.7 Å². The van der Waals surface area contributed by atoms with Crippen LogP contribution < -0.4 is 34.7 Å². The third-order valence-corrected chi connectivity index (χ3v) is 6.82. The van der Waals surface area contributed by atoms with E-state index >= 15 is 0 Å². The maximum Gasteiger partial charge on any atom is 1.00 e. The van der Waals surface area contributed by atoms with Crippen LogP contribution in [0.3, 0.4) is 0 Å². The fourth-order valence-electron chi connectivity index (χ4n) is 4.00. The number of rotatable bonds is 4. The molecule has 9 heteroatoms. The van der Waals surface area contributed by atoms with Crippen LogP contribution in [0.15, 0.2) is 10.6 Å². The predicted octanol–water partition coefficient (Wildman–Crippen LogP) is -3.20. The second-order valence-corrected chi connectivity index (χ2v) is 9.80. The molecule has 144 valence electrons. The Morgan fingerprint density at radius 3 is 2.30 bits per heavy atom. The maximum absolute atomic E-state index is 12.3. The van der Waals surface area contributed by atoms with Crippen LogP contribution in [0.5, 0.6) is 0 Å². The summed E-state index contributed by atoms with van der Waals surface area (Å²) in [5, 5.41) is 21.6. The zero-order chi connectivity index (χ0) is 19.5. The third-order valence-electron chi connectivity index (χ3n) is 5.37. The minimum atomic E-state index is -1.36. The van der Waals surface area contributed by atoms with Crippen molar-refractivity contribution in [2.75, 3.05) is 13.1 Å². The van der Waals surface area contributed by atoms with Crippen molar-refractivity contribution in [1.29, 1.82) is 0 Å². The van der Waals surface area contributed by atoms with Crippen molar-refractivity contribution < 1.29 is 54.2 Å². The van der Waals surface area contributed by atoms with Crippen LogP contribution in [-0.2, 0) is 14.4 Å². The maximum atomic E-state index is 12.3. The monoisotopic (exact) mass is 404 g/mol. The van der Waals surface area contributed by atoms with Gasteiger partial charge in [-0.15, -0.1) is 11.8 Å². The normalized spacial score (nSPS) is 29.0. The Kier molecular flexibility index (Phi) is 6.49. The molecule has 7 nitrogen and oxygen atoms in total. The average molecular weight is 404 g/mol. The van der Waals surface area contributed by atoms with Crippen molar-refractivity contribution in [3.05, 3.63) is 10.6 Å². The van der Waals surface area contributed by atoms with Gasteiger partial charge < -0.3 is 24.8 Å². The smallest absolute Gasteiger partial charge is 0.543 e. The van der Waals surface area contributed by atoms with E-state index in [1.165, 1.54) is 16.7 Å². The van der Waals surface area contributed by atoms with Gasteiger partial charge in [0.2, 0.25) is 11.8 Å². The molecule has 0 saturated carbocycles. The molecule has 2 fully saturated rings. The number of aliphatic carboxylic acids is 1. The van der Waals surface area contributed by atoms with E-state index in [0.29, 0.717) is 18.0 Å². The van der Waals surface area contributed by atoms with Crippen molar-refractivity contribution in [2.24, 2.45) is 17.3 Å². The Labute approximate surface area is 185 Å². The summed E-state index contributed by atoms with van der Waals surface area (Å²) in [5.74, 6) is -2.38. The first kappa shape index (κ1) is 22.7. The largest absolute Gasteiger partial charge is 1.00 e. The molecule has 0 unspecified atom stereocenters. The van der Waals surface area contributed by atoms with Crippen molar-refractivity contribution in [2.45, 2.75) is 52.0 Å². The molecule has 0 radical (unpaired) electrons. The van der Waals surface area contributed by atoms with E-state index in [4.69, 9.17) is 0 Å². The first-order chi connectivity index (χ1) is 11.9. The van der Waals surface area contributed by atoms with Gasteiger partial charge in [0, 0.05) is 34.6 Å². The topological polar surface area (TPSA) is 101 Å². The molecule has 0 aliphatic carbocycles. The minimum absolute atomic E-state index is 0. The molecule has 0 aromatic heterocycles. The number of carbonyl (C=O) groups excluding carboxylic acids is 3. The SMILES string of the molecule is C[C@@H](O)[C@H]1C(=O)N2C(C(=O)[O-])=C(SC3CN(C(=O)C(C)(C)C)C3)[C@H](C)[C@H]12.[Na+]. The Morgan fingerprint density at radius 1 is 1.30 bits per heavy atom. The predicted molar refractivity (Wildman–Crippen MR) is 94.4 cm³/mol. The van der Waals surface area contributed by atoms with Gasteiger partial charge in [-0.25, -0.2) is 0 Å². The van der Waals surface area contributed by atoms with Crippen LogP contribution in [0.25, 0.3) is 0 Å². The molecule has 2 saturated heterocycles. The number of hydrogen-bond acceptors (Lipinski definition) is 6. The first-order valence-electron chi connectivity index (χ1n) is 8.87. The van der Waals surface area contributed by atoms with Gasteiger partial charge in [-0.05, 0) is 6.92 Å². The van der Waals surface area contributed by atoms with Crippen LogP contribution in [0.4, 0.5) is 0 Å². The van der Waals surface area contributed by atoms with E-state index in [2.05, 4.69) is 0 Å². The van der Waals surface area contributed by atoms with Gasteiger partial charge in [0.25, 0.3) is 0 Å². The standard InChI is InChI=1S/C18H26N2O5S.Na/c1-8-12-11(9(2)21)15(22)20(12)13(16(23)24)14(8)26-10-6-19(7-10)17(25)18(3,4)5;/h8-12,21H,6-7H2,1-5H3,(H,23,24);/q;+1/p-1/t8-,9-,11-,12-;/m1./s1. The Bertz CT molecular complexity index is 696. The van der Waals surface area contributed by atoms with E-state index in [-0.39, 0.29) is 64.3 Å². The molecular weight excluding hydrogens is 379 g/mol. The van der Waals surface area contributed by atoms with Crippen LogP contribution in [0.1, 0.15) is 34.6 Å². The molecule has 0 aromatic rings. The molecule has 0 spiro atoms. The number of aliphatic hydroxyl groups is 1. The van der Waals surface area contributed by atoms with E-state index in [1.54, 1.807) is 11.8 Å². The van der Waals surface area contributed by atoms with E-state index in [1.807, 2.05) is 27.7 Å². The van der Waals surface area contributed by atoms with Crippen LogP contribution in [0.2, 0.25) is 0 Å². The quantitative estimate of drug-likeness (QED) is 0.391. The van der Waals surface area contributed by atoms with E-state index < -0.39 is 23.4 Å². The summed E-state index contributed by atoms with van der Waals surface area (Å²) in [4.78, 5) is 39.9. The number of carboxylic acids is 1. The van der Waals surface area contributed by atoms with Crippen molar-refractivity contribution in [3.8, 4) is 0 Å². The summed E-state index contributed by atoms with van der Waals surface area (Å²) >= 11 is 1.42. The van der Waals surface area contributed by atoms with Crippen molar-refractivity contribution in [3.63, 3.8) is 0 Å². The molecule has 3 rings (SSSR count). The second kappa shape index (κ2) is 7.71. The Hall–Kier alpha value is -0.540. The molecule has 2 amide bonds. The zero-order valence-corrected chi connectivity index (χ0v) is 19.5. The number of fused-ring (bicyclic) bond motifs is 1. The van der Waals surface area contributed by atoms with Gasteiger partial charge in [0.1, 0.15) is 0 Å². The number of thioether (sulfide) groups is 1. The molecule has 4 atom stereocenters. The van der Waals surface area contributed by atoms with Crippen LogP contribution in [-0.4, -0.2) is 63.2 Å². The summed E-state index contributed by atoms with van der Waals surface area (Å²) in [6.45, 7) is 10.2. The third kappa shape index (κ3) is 3.71. The molecule has 3 aliphatic heterocycles. The molecule has 3 aliphatic rings. The van der Waals surface area contributed by atoms with Crippen LogP contribution >= 0.6 is 11.8 Å². The summed E-state index contributed by atoms with van der Waals surface area (Å²) in [6, 6.07) is -0.328. The van der Waals surface area contributed by atoms with Gasteiger partial charge >= 0.3 is 29.6 Å². The molecule has 27 heavy (non-hydrogen) atoms. The number of carboxylic acid groups (broad SMARTS) is 1. The molecule has 0 aromatic carbocycles. The number of likely N-dealkylation sites (tertiary alicyclic amines) is 1. The minimum Gasteiger partial charge on any atom is -0.543 e. The summed E-state index contributed by atoms with van der Waals surface area (Å²) < 4.78 is 0.